The molecule has 1 unspecified atom stereocenters. The topological polar surface area (TPSA) is 166 Å². The third-order valence-corrected chi connectivity index (χ3v) is 13.9. The minimum Gasteiger partial charge on any atom is -0.494 e. The van der Waals surface area contributed by atoms with Crippen LogP contribution < -0.4 is 20.9 Å². The number of hydrogen-bond donors (Lipinski definition) is 3. The smallest absolute Gasteiger partial charge is 0.240 e. The lowest BCUT2D eigenvalue weighted by Gasteiger charge is -2.31. The van der Waals surface area contributed by atoms with Crippen LogP contribution in [0.1, 0.15) is 122 Å². The van der Waals surface area contributed by atoms with Crippen molar-refractivity contribution in [3.05, 3.63) is 96.1 Å². The highest BCUT2D eigenvalue weighted by Crippen LogP contribution is 2.46. The van der Waals surface area contributed by atoms with Gasteiger partial charge in [-0.15, -0.1) is 0 Å². The van der Waals surface area contributed by atoms with Crippen LogP contribution in [0.25, 0.3) is 39.0 Å². The Kier molecular flexibility index (Phi) is 15.0. The zero-order chi connectivity index (χ0) is 47.4. The maximum absolute atomic E-state index is 13.4. The molecule has 2 amide bonds. The lowest BCUT2D eigenvalue weighted by atomic mass is 9.99. The van der Waals surface area contributed by atoms with Crippen LogP contribution in [0.2, 0.25) is 0 Å². The van der Waals surface area contributed by atoms with Gasteiger partial charge >= 0.3 is 0 Å². The number of nitrogens with two attached hydrogens (primary N) is 2. The molecule has 5 N–H and O–H groups in total. The molecule has 2 fully saturated rings. The average molecular weight is 911 g/mol. The molecular formula is C54H70N8O5. The molecule has 0 radical (unpaired) electrons. The summed E-state index contributed by atoms with van der Waals surface area (Å²) < 4.78 is 20.9. The second kappa shape index (κ2) is 21.0. The molecule has 13 heteroatoms. The lowest BCUT2D eigenvalue weighted by molar-refractivity contribution is -0.135. The Morgan fingerprint density at radius 3 is 2.39 bits per heavy atom. The summed E-state index contributed by atoms with van der Waals surface area (Å²) in [5.74, 6) is 2.47. The number of likely N-dealkylation sites (tertiary alicyclic amines) is 2. The molecule has 8 rings (SSSR count). The summed E-state index contributed by atoms with van der Waals surface area (Å²) in [4.78, 5) is 44.1. The molecule has 5 atom stereocenters. The molecular weight excluding hydrogens is 841 g/mol. The summed E-state index contributed by atoms with van der Waals surface area (Å²) in [6.07, 6.45) is 10.3. The lowest BCUT2D eigenvalue weighted by Crippen LogP contribution is -2.50. The second-order valence-electron chi connectivity index (χ2n) is 19.1. The highest BCUT2D eigenvalue weighted by atomic mass is 16.5. The van der Waals surface area contributed by atoms with Crippen molar-refractivity contribution in [2.24, 2.45) is 28.3 Å². The van der Waals surface area contributed by atoms with Crippen LogP contribution in [0.15, 0.2) is 84.1 Å². The van der Waals surface area contributed by atoms with Crippen molar-refractivity contribution in [3.63, 3.8) is 0 Å². The number of fused-ring (bicyclic) bond motifs is 5. The van der Waals surface area contributed by atoms with Gasteiger partial charge in [-0.2, -0.15) is 0 Å². The van der Waals surface area contributed by atoms with Gasteiger partial charge in [-0.25, -0.2) is 4.98 Å². The van der Waals surface area contributed by atoms with Gasteiger partial charge in [-0.3, -0.25) is 14.6 Å². The number of rotatable bonds is 18. The highest BCUT2D eigenvalue weighted by Gasteiger charge is 2.37. The maximum atomic E-state index is 13.4. The molecule has 0 spiro atoms. The van der Waals surface area contributed by atoms with Crippen LogP contribution in [0.5, 0.6) is 11.5 Å². The number of imidazole rings is 1. The number of carbonyl (C=O) groups is 2. The average Bonchev–Trinajstić information content (AvgIpc) is 4.18. The SMILES string of the molecule is CC/C(=C\N=C(/CC)[C@@H]1CCCN1C(=O)[C@@H](N)C(C)C)c1ccc2c(c1)OC(c1cccc(OCCCCOC)c1)n1c-2cc2cc(-c3cnc([C@@H]4CCCN4C(=O)[C@@H](N)C(C)C)[nH]3)ccc21. The third-order valence-electron chi connectivity index (χ3n) is 13.9. The largest absolute Gasteiger partial charge is 0.494 e. The molecule has 67 heavy (non-hydrogen) atoms. The summed E-state index contributed by atoms with van der Waals surface area (Å²) in [5.41, 5.74) is 21.7. The number of amides is 2. The van der Waals surface area contributed by atoms with E-state index in [9.17, 15) is 9.59 Å². The number of aromatic nitrogens is 3. The Balaban J connectivity index is 1.14. The fourth-order valence-electron chi connectivity index (χ4n) is 9.82. The van der Waals surface area contributed by atoms with E-state index in [4.69, 9.17) is 35.7 Å². The minimum absolute atomic E-state index is 0.0102. The van der Waals surface area contributed by atoms with Gasteiger partial charge in [0.05, 0.1) is 53.9 Å². The number of allylic oxidation sites excluding steroid dienone is 1. The molecule has 3 aliphatic rings. The van der Waals surface area contributed by atoms with Gasteiger partial charge in [0.15, 0.2) is 0 Å². The summed E-state index contributed by atoms with van der Waals surface area (Å²) >= 11 is 0. The van der Waals surface area contributed by atoms with Gasteiger partial charge in [0.25, 0.3) is 0 Å². The Bertz CT molecular complexity index is 2610. The van der Waals surface area contributed by atoms with Crippen LogP contribution in [0.3, 0.4) is 0 Å². The molecule has 2 saturated heterocycles. The summed E-state index contributed by atoms with van der Waals surface area (Å²) in [5, 5.41) is 1.06. The zero-order valence-electron chi connectivity index (χ0n) is 40.5. The van der Waals surface area contributed by atoms with Crippen molar-refractivity contribution in [2.45, 2.75) is 123 Å². The summed E-state index contributed by atoms with van der Waals surface area (Å²) in [6.45, 7) is 14.9. The van der Waals surface area contributed by atoms with Crippen molar-refractivity contribution in [1.82, 2.24) is 24.3 Å². The van der Waals surface area contributed by atoms with E-state index in [1.165, 1.54) is 0 Å². The fraction of sp³-hybridized carbons (Fsp3) is 0.481. The Morgan fingerprint density at radius 1 is 0.896 bits per heavy atom. The number of benzene rings is 3. The molecule has 5 aromatic rings. The monoisotopic (exact) mass is 911 g/mol. The van der Waals surface area contributed by atoms with Crippen LogP contribution in [0.4, 0.5) is 0 Å². The number of carbonyl (C=O) groups excluding carboxylic acids is 2. The highest BCUT2D eigenvalue weighted by molar-refractivity contribution is 5.96. The van der Waals surface area contributed by atoms with E-state index < -0.39 is 18.3 Å². The number of hydrogen-bond acceptors (Lipinski definition) is 9. The first-order valence-electron chi connectivity index (χ1n) is 24.5. The number of nitrogens with zero attached hydrogens (tertiary/aromatic N) is 5. The Hall–Kier alpha value is -5.76. The van der Waals surface area contributed by atoms with E-state index >= 15 is 0 Å². The van der Waals surface area contributed by atoms with Crippen molar-refractivity contribution >= 4 is 34.0 Å². The van der Waals surface area contributed by atoms with Crippen molar-refractivity contribution in [1.29, 1.82) is 0 Å². The molecule has 2 aromatic heterocycles. The third kappa shape index (κ3) is 9.96. The molecule has 0 aliphatic carbocycles. The normalized spacial score (nSPS) is 19.5. The van der Waals surface area contributed by atoms with Crippen molar-refractivity contribution in [2.75, 3.05) is 33.4 Å². The number of nitrogens with one attached hydrogen (secondary N) is 1. The number of aromatic amines is 1. The van der Waals surface area contributed by atoms with Crippen LogP contribution in [-0.4, -0.2) is 93.4 Å². The van der Waals surface area contributed by atoms with Crippen molar-refractivity contribution < 1.29 is 23.8 Å². The first-order chi connectivity index (χ1) is 32.4. The number of unbranched alkanes of at least 4 members (excludes halogenated alkanes) is 1. The predicted molar refractivity (Wildman–Crippen MR) is 267 cm³/mol. The van der Waals surface area contributed by atoms with Gasteiger partial charge < -0.3 is 45.0 Å². The van der Waals surface area contributed by atoms with E-state index in [1.54, 1.807) is 7.11 Å². The first-order valence-corrected chi connectivity index (χ1v) is 24.5. The number of H-pyrrole nitrogens is 1. The number of methoxy groups -OCH3 is 1. The molecule has 13 nitrogen and oxygen atoms in total. The van der Waals surface area contributed by atoms with E-state index in [0.717, 1.165) is 125 Å². The molecule has 3 aliphatic heterocycles. The summed E-state index contributed by atoms with van der Waals surface area (Å²) in [7, 11) is 1.72. The minimum atomic E-state index is -0.538. The number of ether oxygens (including phenoxy) is 3. The van der Waals surface area contributed by atoms with Crippen LogP contribution >= 0.6 is 0 Å². The fourth-order valence-corrected chi connectivity index (χ4v) is 9.82. The van der Waals surface area contributed by atoms with Crippen LogP contribution in [0, 0.1) is 11.8 Å². The predicted octanol–water partition coefficient (Wildman–Crippen LogP) is 9.67. The van der Waals surface area contributed by atoms with Gasteiger partial charge in [0.1, 0.15) is 17.3 Å². The van der Waals surface area contributed by atoms with Gasteiger partial charge in [0, 0.05) is 60.8 Å². The maximum Gasteiger partial charge on any atom is 0.240 e. The van der Waals surface area contributed by atoms with Gasteiger partial charge in [0.2, 0.25) is 18.0 Å². The van der Waals surface area contributed by atoms with E-state index in [-0.39, 0.29) is 35.7 Å². The molecule has 0 bridgehead atoms. The summed E-state index contributed by atoms with van der Waals surface area (Å²) in [6, 6.07) is 22.2. The van der Waals surface area contributed by atoms with Gasteiger partial charge in [-0.1, -0.05) is 65.8 Å². The van der Waals surface area contributed by atoms with Crippen LogP contribution in [-0.2, 0) is 14.3 Å². The molecule has 0 saturated carbocycles. The van der Waals surface area contributed by atoms with Crippen molar-refractivity contribution in [3.8, 4) is 34.0 Å². The molecule has 356 valence electrons. The quantitative estimate of drug-likeness (QED) is 0.0578. The molecule has 5 heterocycles. The second-order valence-corrected chi connectivity index (χ2v) is 19.1. The standard InChI is InChI=1S/C54H70N8O5/c1-8-35(31-57-42(9-2)45-17-13-23-60(45)52(63)49(55)33(3)4)36-19-21-41-47-29-39-27-37(43-32-58-51(59-43)46-18-14-24-61(46)53(64)50(56)34(5)6)20-22-44(39)62(47)54(67-48(41)30-36)38-15-12-16-40(28-38)66-26-11-10-25-65-7/h12,15-16,19-22,27-34,45-46,49-50,54H,8-11,13-14,17-18,23-26,55-56H2,1-7H3,(H,58,59)/b35-31+,57-42+/t45-,46-,49-,50-,54?/m0/s1. The molecule has 3 aromatic carbocycles. The van der Waals surface area contributed by atoms with E-state index in [1.807, 2.05) is 62.0 Å². The first kappa shape index (κ1) is 47.7. The van der Waals surface area contributed by atoms with E-state index in [2.05, 4.69) is 78.0 Å². The van der Waals surface area contributed by atoms with Gasteiger partial charge in [-0.05, 0) is 117 Å². The number of aliphatic imine (C=N–C) groups is 1. The zero-order valence-corrected chi connectivity index (χ0v) is 40.5. The Morgan fingerprint density at radius 2 is 1.64 bits per heavy atom. The van der Waals surface area contributed by atoms with E-state index in [0.29, 0.717) is 26.3 Å². The Labute approximate surface area is 395 Å².